The van der Waals surface area contributed by atoms with Gasteiger partial charge in [0.2, 0.25) is 5.91 Å². The van der Waals surface area contributed by atoms with Crippen LogP contribution in [-0.4, -0.2) is 48.6 Å². The predicted octanol–water partition coefficient (Wildman–Crippen LogP) is 13.4. The minimum Gasteiger partial charge on any atom is -0.309 e. The number of rotatable bonds is 35. The lowest BCUT2D eigenvalue weighted by atomic mass is 10.0. The first-order chi connectivity index (χ1) is 22.0. The number of unbranched alkanes of at least 4 members (excludes halogenated alkanes) is 27. The van der Waals surface area contributed by atoms with Crippen molar-refractivity contribution in [3.05, 3.63) is 0 Å². The van der Waals surface area contributed by atoms with Crippen LogP contribution in [0.5, 0.6) is 0 Å². The third-order valence-corrected chi connectivity index (χ3v) is 10.9. The largest absolute Gasteiger partial charge is 0.309 e. The van der Waals surface area contributed by atoms with E-state index in [0.29, 0.717) is 11.8 Å². The number of nitrogens with zero attached hydrogens (tertiary/aromatic N) is 2. The van der Waals surface area contributed by atoms with Crippen molar-refractivity contribution in [2.45, 2.75) is 226 Å². The number of carbonyl (C=O) groups is 1. The van der Waals surface area contributed by atoms with Crippen molar-refractivity contribution >= 4 is 5.91 Å². The van der Waals surface area contributed by atoms with Gasteiger partial charge >= 0.3 is 0 Å². The second kappa shape index (κ2) is 30.7. The van der Waals surface area contributed by atoms with E-state index in [2.05, 4.69) is 32.7 Å². The topological polar surface area (TPSA) is 20.3 Å². The molecule has 1 fully saturated rings. The molecule has 0 aliphatic carbocycles. The molecule has 0 spiro atoms. The van der Waals surface area contributed by atoms with Gasteiger partial charge in [0.15, 0.2) is 6.67 Å². The minimum atomic E-state index is 0.433. The van der Waals surface area contributed by atoms with Crippen LogP contribution >= 0.6 is 0 Å². The number of hydrogen-bond acceptors (Lipinski definition) is 1. The van der Waals surface area contributed by atoms with Crippen LogP contribution in [0.15, 0.2) is 0 Å². The molecule has 0 saturated carbocycles. The summed E-state index contributed by atoms with van der Waals surface area (Å²) in [5.41, 5.74) is 0. The summed E-state index contributed by atoms with van der Waals surface area (Å²) in [6.07, 6.45) is 44.3. The molecule has 0 bridgehead atoms. The molecule has 1 amide bonds. The number of likely N-dealkylation sites (tertiary alicyclic amines) is 1. The lowest BCUT2D eigenvalue weighted by Crippen LogP contribution is -2.53. The molecular formula is C42H85N2O+. The van der Waals surface area contributed by atoms with Crippen molar-refractivity contribution in [1.82, 2.24) is 4.90 Å². The molecule has 0 aromatic rings. The van der Waals surface area contributed by atoms with Gasteiger partial charge in [0, 0.05) is 13.0 Å². The third-order valence-electron chi connectivity index (χ3n) is 10.9. The number of quaternary nitrogens is 1. The maximum Gasteiger partial charge on any atom is 0.227 e. The van der Waals surface area contributed by atoms with Crippen LogP contribution < -0.4 is 0 Å². The van der Waals surface area contributed by atoms with Crippen molar-refractivity contribution in [2.75, 3.05) is 33.4 Å². The van der Waals surface area contributed by atoms with Crippen molar-refractivity contribution in [3.8, 4) is 0 Å². The highest BCUT2D eigenvalue weighted by Gasteiger charge is 2.34. The Kier molecular flexibility index (Phi) is 29.0. The SMILES string of the molecule is CCCCCCCCCCCCCCCC[N+](C)(CCCCCCCCCCCCCCCC)CN1CC(CCCC)CC1=O. The Balaban J connectivity index is 2.25. The second-order valence-electron chi connectivity index (χ2n) is 15.7. The molecular weight excluding hydrogens is 548 g/mol. The zero-order valence-corrected chi connectivity index (χ0v) is 31.8. The molecule has 0 aromatic carbocycles. The zero-order chi connectivity index (χ0) is 32.7. The van der Waals surface area contributed by atoms with Crippen LogP contribution in [0.2, 0.25) is 0 Å². The highest BCUT2D eigenvalue weighted by atomic mass is 16.2. The maximum atomic E-state index is 12.9. The van der Waals surface area contributed by atoms with Crippen LogP contribution in [0.1, 0.15) is 226 Å². The Morgan fingerprint density at radius 1 is 0.489 bits per heavy atom. The summed E-state index contributed by atoms with van der Waals surface area (Å²) < 4.78 is 1.09. The molecule has 1 atom stereocenters. The third kappa shape index (κ3) is 25.2. The fourth-order valence-corrected chi connectivity index (χ4v) is 7.72. The predicted molar refractivity (Wildman–Crippen MR) is 201 cm³/mol. The van der Waals surface area contributed by atoms with Gasteiger partial charge in [-0.15, -0.1) is 0 Å². The van der Waals surface area contributed by atoms with Crippen molar-refractivity contribution in [1.29, 1.82) is 0 Å². The summed E-state index contributed by atoms with van der Waals surface area (Å²) >= 11 is 0. The molecule has 3 nitrogen and oxygen atoms in total. The molecule has 0 N–H and O–H groups in total. The molecule has 1 heterocycles. The quantitative estimate of drug-likeness (QED) is 0.0502. The van der Waals surface area contributed by atoms with Crippen LogP contribution in [0.4, 0.5) is 0 Å². The van der Waals surface area contributed by atoms with Crippen LogP contribution in [-0.2, 0) is 4.79 Å². The Morgan fingerprint density at radius 2 is 0.800 bits per heavy atom. The molecule has 3 heteroatoms. The van der Waals surface area contributed by atoms with Gasteiger partial charge in [0.05, 0.1) is 20.1 Å². The highest BCUT2D eigenvalue weighted by Crippen LogP contribution is 2.25. The van der Waals surface area contributed by atoms with E-state index in [1.54, 1.807) is 0 Å². The number of carbonyl (C=O) groups excluding carboxylic acids is 1. The Morgan fingerprint density at radius 3 is 1.13 bits per heavy atom. The first-order valence-electron chi connectivity index (χ1n) is 21.2. The van der Waals surface area contributed by atoms with Gasteiger partial charge in [-0.3, -0.25) is 9.69 Å². The molecule has 1 aliphatic rings. The average molecular weight is 634 g/mol. The molecule has 0 radical (unpaired) electrons. The van der Waals surface area contributed by atoms with Gasteiger partial charge in [-0.05, 0) is 38.0 Å². The number of amides is 1. The summed E-state index contributed by atoms with van der Waals surface area (Å²) in [6.45, 7) is 11.4. The summed E-state index contributed by atoms with van der Waals surface area (Å²) in [5, 5.41) is 0. The molecule has 45 heavy (non-hydrogen) atoms. The van der Waals surface area contributed by atoms with Gasteiger partial charge in [0.25, 0.3) is 0 Å². The lowest BCUT2D eigenvalue weighted by Gasteiger charge is -2.38. The van der Waals surface area contributed by atoms with Crippen LogP contribution in [0.25, 0.3) is 0 Å². The van der Waals surface area contributed by atoms with Crippen molar-refractivity contribution < 1.29 is 9.28 Å². The maximum absolute atomic E-state index is 12.9. The van der Waals surface area contributed by atoms with E-state index in [4.69, 9.17) is 0 Å². The normalized spacial score (nSPS) is 15.5. The minimum absolute atomic E-state index is 0.433. The van der Waals surface area contributed by atoms with Gasteiger partial charge in [-0.2, -0.15) is 0 Å². The van der Waals surface area contributed by atoms with E-state index >= 15 is 0 Å². The first kappa shape index (κ1) is 42.5. The highest BCUT2D eigenvalue weighted by molar-refractivity contribution is 5.78. The van der Waals surface area contributed by atoms with E-state index in [1.807, 2.05) is 0 Å². The summed E-state index contributed by atoms with van der Waals surface area (Å²) in [7, 11) is 2.47. The van der Waals surface area contributed by atoms with E-state index in [1.165, 1.54) is 212 Å². The summed E-state index contributed by atoms with van der Waals surface area (Å²) in [6, 6.07) is 0. The van der Waals surface area contributed by atoms with E-state index in [9.17, 15) is 4.79 Å². The summed E-state index contributed by atoms with van der Waals surface area (Å²) in [5.74, 6) is 1.04. The Hall–Kier alpha value is -0.570. The Bertz CT molecular complexity index is 602. The molecule has 1 aliphatic heterocycles. The Labute approximate surface area is 285 Å². The van der Waals surface area contributed by atoms with Crippen LogP contribution in [0, 0.1) is 5.92 Å². The van der Waals surface area contributed by atoms with Gasteiger partial charge in [0.1, 0.15) is 0 Å². The fraction of sp³-hybridized carbons (Fsp3) is 0.976. The summed E-state index contributed by atoms with van der Waals surface area (Å²) in [4.78, 5) is 15.2. The van der Waals surface area contributed by atoms with Gasteiger partial charge < -0.3 is 4.48 Å². The van der Waals surface area contributed by atoms with Crippen molar-refractivity contribution in [2.24, 2.45) is 5.92 Å². The van der Waals surface area contributed by atoms with Gasteiger partial charge in [-0.25, -0.2) is 0 Å². The smallest absolute Gasteiger partial charge is 0.227 e. The first-order valence-corrected chi connectivity index (χ1v) is 21.2. The van der Waals surface area contributed by atoms with Gasteiger partial charge in [-0.1, -0.05) is 188 Å². The van der Waals surface area contributed by atoms with Crippen LogP contribution in [0.3, 0.4) is 0 Å². The second-order valence-corrected chi connectivity index (χ2v) is 15.7. The van der Waals surface area contributed by atoms with E-state index in [-0.39, 0.29) is 0 Å². The van der Waals surface area contributed by atoms with Crippen molar-refractivity contribution in [3.63, 3.8) is 0 Å². The fourth-order valence-electron chi connectivity index (χ4n) is 7.72. The molecule has 268 valence electrons. The average Bonchev–Trinajstić information content (AvgIpc) is 3.38. The standard InChI is InChI=1S/C42H85N2O/c1-5-8-11-13-15-17-19-21-23-25-27-29-31-33-36-44(4,40-43-39-41(35-10-7-3)38-42(43)45)37-34-32-30-28-26-24-22-20-18-16-14-12-9-6-2/h41H,5-40H2,1-4H3/q+1. The molecule has 1 rings (SSSR count). The molecule has 1 saturated heterocycles. The van der Waals surface area contributed by atoms with E-state index in [0.717, 1.165) is 24.1 Å². The zero-order valence-electron chi connectivity index (χ0n) is 31.8. The van der Waals surface area contributed by atoms with E-state index < -0.39 is 0 Å². The molecule has 0 aromatic heterocycles. The monoisotopic (exact) mass is 634 g/mol. The lowest BCUT2D eigenvalue weighted by molar-refractivity contribution is -0.918. The molecule has 1 unspecified atom stereocenters. The number of hydrogen-bond donors (Lipinski definition) is 0.